The van der Waals surface area contributed by atoms with Gasteiger partial charge in [-0.25, -0.2) is 0 Å². The molecular formula is C40H48F6N4O4S2. The van der Waals surface area contributed by atoms with Gasteiger partial charge in [-0.2, -0.15) is 26.3 Å². The summed E-state index contributed by atoms with van der Waals surface area (Å²) in [4.78, 5) is 58.2. The molecule has 4 saturated heterocycles. The zero-order chi connectivity index (χ0) is 40.0. The summed E-state index contributed by atoms with van der Waals surface area (Å²) in [7, 11) is 0. The van der Waals surface area contributed by atoms with Gasteiger partial charge in [0, 0.05) is 24.9 Å². The molecule has 4 amide bonds. The van der Waals surface area contributed by atoms with Gasteiger partial charge in [-0.15, -0.1) is 23.5 Å². The minimum absolute atomic E-state index is 0.0516. The third kappa shape index (κ3) is 10.8. The fourth-order valence-corrected chi connectivity index (χ4v) is 10.9. The van der Waals surface area contributed by atoms with Gasteiger partial charge in [0.15, 0.2) is 0 Å². The van der Waals surface area contributed by atoms with Crippen LogP contribution in [0.15, 0.2) is 60.7 Å². The van der Waals surface area contributed by atoms with Crippen molar-refractivity contribution in [3.63, 3.8) is 0 Å². The lowest BCUT2D eigenvalue weighted by Crippen LogP contribution is -2.55. The van der Waals surface area contributed by atoms with Crippen LogP contribution in [0.3, 0.4) is 0 Å². The zero-order valence-corrected chi connectivity index (χ0v) is 32.5. The van der Waals surface area contributed by atoms with Crippen LogP contribution < -0.4 is 10.6 Å². The van der Waals surface area contributed by atoms with Crippen LogP contribution in [0.5, 0.6) is 0 Å². The van der Waals surface area contributed by atoms with Gasteiger partial charge in [0.2, 0.25) is 23.6 Å². The summed E-state index contributed by atoms with van der Waals surface area (Å²) in [5.41, 5.74) is 1.69. The number of carbonyl (C=O) groups is 4. The van der Waals surface area contributed by atoms with E-state index in [0.717, 1.165) is 11.1 Å². The fourth-order valence-electron chi connectivity index (χ4n) is 8.23. The predicted octanol–water partition coefficient (Wildman–Crippen LogP) is 6.98. The molecule has 0 aromatic heterocycles. The summed E-state index contributed by atoms with van der Waals surface area (Å²) in [5.74, 6) is -5.61. The number of nitrogens with zero attached hydrogens (tertiary/aromatic N) is 2. The molecule has 2 aromatic rings. The Balaban J connectivity index is 1.18. The van der Waals surface area contributed by atoms with Gasteiger partial charge in [-0.1, -0.05) is 60.7 Å². The maximum absolute atomic E-state index is 14.1. The minimum Gasteiger partial charge on any atom is -0.344 e. The topological polar surface area (TPSA) is 98.8 Å². The molecule has 4 fully saturated rings. The zero-order valence-electron chi connectivity index (χ0n) is 30.9. The van der Waals surface area contributed by atoms with E-state index in [-0.39, 0.29) is 75.0 Å². The van der Waals surface area contributed by atoms with Crippen LogP contribution in [-0.4, -0.2) is 93.2 Å². The Labute approximate surface area is 331 Å². The van der Waals surface area contributed by atoms with Crippen LogP contribution in [0.1, 0.15) is 62.5 Å². The van der Waals surface area contributed by atoms with Gasteiger partial charge in [0.05, 0.1) is 22.6 Å². The quantitative estimate of drug-likeness (QED) is 0.238. The lowest BCUT2D eigenvalue weighted by atomic mass is 9.86. The molecule has 6 rings (SSSR count). The molecule has 0 spiro atoms. The number of thioether (sulfide) groups is 2. The highest BCUT2D eigenvalue weighted by atomic mass is 32.2. The average Bonchev–Trinajstić information content (AvgIpc) is 3.42. The number of amides is 4. The van der Waals surface area contributed by atoms with Crippen molar-refractivity contribution >= 4 is 47.2 Å². The Hall–Kier alpha value is -3.40. The molecule has 0 bridgehead atoms. The molecule has 2 N–H and O–H groups in total. The number of halogens is 6. The van der Waals surface area contributed by atoms with Crippen molar-refractivity contribution in [1.82, 2.24) is 20.4 Å². The summed E-state index contributed by atoms with van der Waals surface area (Å²) in [6.07, 6.45) is -7.01. The maximum atomic E-state index is 14.1. The first-order chi connectivity index (χ1) is 26.7. The highest BCUT2D eigenvalue weighted by molar-refractivity contribution is 8.00. The van der Waals surface area contributed by atoms with Crippen LogP contribution in [0.2, 0.25) is 0 Å². The summed E-state index contributed by atoms with van der Waals surface area (Å²) >= 11 is 2.86. The van der Waals surface area contributed by atoms with Crippen LogP contribution >= 0.6 is 23.5 Å². The number of benzene rings is 2. The van der Waals surface area contributed by atoms with Gasteiger partial charge >= 0.3 is 12.4 Å². The molecule has 0 aliphatic carbocycles. The normalized spacial score (nSPS) is 27.2. The molecule has 0 saturated carbocycles. The van der Waals surface area contributed by atoms with Crippen molar-refractivity contribution in [1.29, 1.82) is 0 Å². The molecule has 56 heavy (non-hydrogen) atoms. The van der Waals surface area contributed by atoms with Crippen LogP contribution in [0.25, 0.3) is 0 Å². The van der Waals surface area contributed by atoms with E-state index in [2.05, 4.69) is 10.6 Å². The summed E-state index contributed by atoms with van der Waals surface area (Å²) in [6, 6.07) is 16.5. The Morgan fingerprint density at radius 1 is 0.607 bits per heavy atom. The summed E-state index contributed by atoms with van der Waals surface area (Å²) < 4.78 is 82.1. The van der Waals surface area contributed by atoms with Crippen molar-refractivity contribution in [2.24, 2.45) is 23.7 Å². The highest BCUT2D eigenvalue weighted by Gasteiger charge is 2.49. The second-order valence-corrected chi connectivity index (χ2v) is 17.9. The molecule has 8 atom stereocenters. The molecule has 8 nitrogen and oxygen atoms in total. The van der Waals surface area contributed by atoms with Gasteiger partial charge in [0.1, 0.15) is 12.1 Å². The Kier molecular flexibility index (Phi) is 13.9. The van der Waals surface area contributed by atoms with E-state index in [0.29, 0.717) is 11.5 Å². The molecular weight excluding hydrogens is 779 g/mol. The number of carbonyl (C=O) groups excluding carboxylic acids is 4. The number of fused-ring (bicyclic) bond motifs is 2. The first kappa shape index (κ1) is 42.2. The van der Waals surface area contributed by atoms with Crippen LogP contribution in [0, 0.1) is 23.7 Å². The van der Waals surface area contributed by atoms with E-state index in [1.807, 2.05) is 60.7 Å². The van der Waals surface area contributed by atoms with Gasteiger partial charge in [-0.05, 0) is 86.8 Å². The van der Waals surface area contributed by atoms with Gasteiger partial charge in [-0.3, -0.25) is 19.2 Å². The van der Waals surface area contributed by atoms with E-state index in [9.17, 15) is 45.5 Å². The number of hydrogen-bond donors (Lipinski definition) is 2. The number of piperidine rings is 2. The predicted molar refractivity (Wildman–Crippen MR) is 203 cm³/mol. The third-order valence-electron chi connectivity index (χ3n) is 11.5. The number of nitrogens with one attached hydrogen (secondary N) is 2. The largest absolute Gasteiger partial charge is 0.393 e. The summed E-state index contributed by atoms with van der Waals surface area (Å²) in [6.45, 7) is -0.890. The molecule has 16 heteroatoms. The number of alkyl halides is 6. The molecule has 2 aromatic carbocycles. The molecule has 0 radical (unpaired) electrons. The standard InChI is InChI=1S/C40H48F6N4O4S2/c41-39(42,43)29-13-15-33-49(23-29)37(53)31(17-19-55-33)47-35(51)27(21-25-7-3-1-4-8-25)11-12-28(22-26-9-5-2-6-10-26)36(52)48-32-18-20-56-34-16-14-30(40(44,45)46)24-50(34)38(32)54/h1-10,27-34H,11-24H2,(H,47,51)(H,48,52)/t27-,28-,29-,30-,31+,32+,33+,34+/m1/s1. The average molecular weight is 827 g/mol. The second kappa shape index (κ2) is 18.5. The molecule has 306 valence electrons. The Morgan fingerprint density at radius 2 is 0.982 bits per heavy atom. The monoisotopic (exact) mass is 826 g/mol. The van der Waals surface area contributed by atoms with Gasteiger partial charge < -0.3 is 20.4 Å². The van der Waals surface area contributed by atoms with Crippen molar-refractivity contribution in [3.8, 4) is 0 Å². The maximum Gasteiger partial charge on any atom is 0.393 e. The highest BCUT2D eigenvalue weighted by Crippen LogP contribution is 2.41. The summed E-state index contributed by atoms with van der Waals surface area (Å²) in [5, 5.41) is 4.99. The van der Waals surface area contributed by atoms with Crippen LogP contribution in [0.4, 0.5) is 26.3 Å². The lowest BCUT2D eigenvalue weighted by molar-refractivity contribution is -0.190. The van der Waals surface area contributed by atoms with Crippen LogP contribution in [-0.2, 0) is 32.0 Å². The second-order valence-electron chi connectivity index (χ2n) is 15.3. The van der Waals surface area contributed by atoms with E-state index < -0.39 is 84.8 Å². The minimum atomic E-state index is -4.43. The first-order valence-corrected chi connectivity index (χ1v) is 21.4. The molecule has 4 aliphatic heterocycles. The lowest BCUT2D eigenvalue weighted by Gasteiger charge is -2.39. The van der Waals surface area contributed by atoms with E-state index >= 15 is 0 Å². The van der Waals surface area contributed by atoms with Crippen molar-refractivity contribution in [2.75, 3.05) is 24.6 Å². The van der Waals surface area contributed by atoms with Crippen molar-refractivity contribution in [2.45, 2.75) is 99.4 Å². The molecule has 4 heterocycles. The molecule has 0 unspecified atom stereocenters. The SMILES string of the molecule is O=C(N[C@H]1CCS[C@H]2CC[C@@H](C(F)(F)F)CN2C1=O)[C@H](CC[C@H](Cc1ccccc1)C(=O)N[C@H]1CCS[C@H]2CC[C@@H](C(F)(F)F)CN2C1=O)Cc1ccccc1. The van der Waals surface area contributed by atoms with E-state index in [4.69, 9.17) is 0 Å². The smallest absolute Gasteiger partial charge is 0.344 e. The number of hydrogen-bond acceptors (Lipinski definition) is 6. The first-order valence-electron chi connectivity index (χ1n) is 19.3. The van der Waals surface area contributed by atoms with E-state index in [1.165, 1.54) is 33.3 Å². The fraction of sp³-hybridized carbons (Fsp3) is 0.600. The molecule has 4 aliphatic rings. The van der Waals surface area contributed by atoms with Gasteiger partial charge in [0.25, 0.3) is 0 Å². The Bertz CT molecular complexity index is 1550. The van der Waals surface area contributed by atoms with Crippen molar-refractivity contribution < 1.29 is 45.5 Å². The van der Waals surface area contributed by atoms with Crippen molar-refractivity contribution in [3.05, 3.63) is 71.8 Å². The van der Waals surface area contributed by atoms with E-state index in [1.54, 1.807) is 0 Å². The Morgan fingerprint density at radius 3 is 1.34 bits per heavy atom. The third-order valence-corrected chi connectivity index (χ3v) is 14.2. The number of rotatable bonds is 11.